The molecule has 0 aliphatic heterocycles. The molecule has 0 bridgehead atoms. The fraction of sp³-hybridized carbons (Fsp3) is 0.118. The molecule has 0 unspecified atom stereocenters. The molecule has 0 heterocycles. The third-order valence-corrected chi connectivity index (χ3v) is 3.11. The third kappa shape index (κ3) is 4.71. The molecule has 8 nitrogen and oxygen atoms in total. The van der Waals surface area contributed by atoms with Crippen LogP contribution in [0.3, 0.4) is 0 Å². The van der Waals surface area contributed by atoms with Crippen molar-refractivity contribution in [2.45, 2.75) is 0 Å². The number of methoxy groups -OCH3 is 2. The topological polar surface area (TPSA) is 112 Å². The highest BCUT2D eigenvalue weighted by atomic mass is 16.6. The highest BCUT2D eigenvalue weighted by molar-refractivity contribution is 5.94. The molecule has 0 aliphatic rings. The normalized spacial score (nSPS) is 10.3. The van der Waals surface area contributed by atoms with Crippen molar-refractivity contribution in [1.29, 1.82) is 0 Å². The number of primary amides is 1. The number of para-hydroxylation sites is 1. The van der Waals surface area contributed by atoms with Crippen molar-refractivity contribution in [2.75, 3.05) is 14.2 Å². The SMILES string of the molecule is COc1cc(C=NNC(N)=O)ccc1OC(=O)c1ccccc1OC. The average molecular weight is 343 g/mol. The van der Waals surface area contributed by atoms with E-state index in [-0.39, 0.29) is 5.75 Å². The van der Waals surface area contributed by atoms with Crippen molar-refractivity contribution in [3.8, 4) is 17.2 Å². The van der Waals surface area contributed by atoms with Crippen LogP contribution in [0.5, 0.6) is 17.2 Å². The van der Waals surface area contributed by atoms with Crippen LogP contribution in [0, 0.1) is 0 Å². The minimum atomic E-state index is -0.773. The maximum Gasteiger partial charge on any atom is 0.347 e. The Morgan fingerprint density at radius 3 is 2.44 bits per heavy atom. The van der Waals surface area contributed by atoms with Gasteiger partial charge >= 0.3 is 12.0 Å². The summed E-state index contributed by atoms with van der Waals surface area (Å²) < 4.78 is 15.8. The smallest absolute Gasteiger partial charge is 0.347 e. The number of urea groups is 1. The molecule has 0 aliphatic carbocycles. The van der Waals surface area contributed by atoms with Crippen LogP contribution < -0.4 is 25.4 Å². The molecule has 0 saturated carbocycles. The number of rotatable bonds is 6. The summed E-state index contributed by atoms with van der Waals surface area (Å²) in [5, 5.41) is 3.65. The van der Waals surface area contributed by atoms with Gasteiger partial charge in [0.05, 0.1) is 20.4 Å². The van der Waals surface area contributed by atoms with Crippen LogP contribution in [-0.4, -0.2) is 32.4 Å². The number of hydrogen-bond donors (Lipinski definition) is 2. The Balaban J connectivity index is 2.20. The monoisotopic (exact) mass is 343 g/mol. The highest BCUT2D eigenvalue weighted by Gasteiger charge is 2.16. The molecule has 8 heteroatoms. The van der Waals surface area contributed by atoms with Crippen molar-refractivity contribution >= 4 is 18.2 Å². The fourth-order valence-electron chi connectivity index (χ4n) is 1.99. The van der Waals surface area contributed by atoms with Gasteiger partial charge in [-0.15, -0.1) is 0 Å². The lowest BCUT2D eigenvalue weighted by Crippen LogP contribution is -2.24. The molecule has 3 N–H and O–H groups in total. The third-order valence-electron chi connectivity index (χ3n) is 3.11. The quantitative estimate of drug-likeness (QED) is 0.360. The van der Waals surface area contributed by atoms with Crippen molar-refractivity contribution in [2.24, 2.45) is 10.8 Å². The van der Waals surface area contributed by atoms with Crippen LogP contribution in [0.15, 0.2) is 47.6 Å². The summed E-state index contributed by atoms with van der Waals surface area (Å²) in [7, 11) is 2.92. The number of ether oxygens (including phenoxy) is 3. The number of carbonyl (C=O) groups is 2. The summed E-state index contributed by atoms with van der Waals surface area (Å²) in [5.74, 6) is 0.394. The molecule has 2 amide bonds. The second-order valence-corrected chi connectivity index (χ2v) is 4.73. The van der Waals surface area contributed by atoms with Gasteiger partial charge in [0.15, 0.2) is 11.5 Å². The van der Waals surface area contributed by atoms with Crippen molar-refractivity contribution in [3.05, 3.63) is 53.6 Å². The Hall–Kier alpha value is -3.55. The number of amides is 2. The Bertz CT molecular complexity index is 805. The van der Waals surface area contributed by atoms with Crippen LogP contribution in [0.25, 0.3) is 0 Å². The molecule has 0 radical (unpaired) electrons. The average Bonchev–Trinajstić information content (AvgIpc) is 2.62. The first-order valence-corrected chi connectivity index (χ1v) is 7.17. The number of hydrogen-bond acceptors (Lipinski definition) is 6. The van der Waals surface area contributed by atoms with Crippen LogP contribution in [0.1, 0.15) is 15.9 Å². The fourth-order valence-corrected chi connectivity index (χ4v) is 1.99. The van der Waals surface area contributed by atoms with E-state index in [4.69, 9.17) is 19.9 Å². The minimum Gasteiger partial charge on any atom is -0.496 e. The van der Waals surface area contributed by atoms with Gasteiger partial charge in [0, 0.05) is 0 Å². The van der Waals surface area contributed by atoms with Crippen LogP contribution in [0.2, 0.25) is 0 Å². The van der Waals surface area contributed by atoms with E-state index in [0.717, 1.165) is 0 Å². The van der Waals surface area contributed by atoms with Gasteiger partial charge in [0.2, 0.25) is 0 Å². The second-order valence-electron chi connectivity index (χ2n) is 4.73. The van der Waals surface area contributed by atoms with E-state index in [0.29, 0.717) is 22.6 Å². The van der Waals surface area contributed by atoms with Gasteiger partial charge in [-0.3, -0.25) is 0 Å². The molecule has 0 saturated heterocycles. The number of nitrogens with one attached hydrogen (secondary N) is 1. The molecule has 0 fully saturated rings. The van der Waals surface area contributed by atoms with E-state index in [9.17, 15) is 9.59 Å². The van der Waals surface area contributed by atoms with E-state index in [1.165, 1.54) is 20.4 Å². The zero-order chi connectivity index (χ0) is 18.2. The lowest BCUT2D eigenvalue weighted by Gasteiger charge is -2.11. The van der Waals surface area contributed by atoms with E-state index in [2.05, 4.69) is 10.5 Å². The van der Waals surface area contributed by atoms with Crippen molar-refractivity contribution < 1.29 is 23.8 Å². The largest absolute Gasteiger partial charge is 0.496 e. The number of esters is 1. The van der Waals surface area contributed by atoms with Gasteiger partial charge < -0.3 is 19.9 Å². The summed E-state index contributed by atoms with van der Waals surface area (Å²) in [6.07, 6.45) is 1.37. The van der Waals surface area contributed by atoms with Crippen LogP contribution in [-0.2, 0) is 0 Å². The highest BCUT2D eigenvalue weighted by Crippen LogP contribution is 2.29. The lowest BCUT2D eigenvalue weighted by atomic mass is 10.2. The Morgan fingerprint density at radius 2 is 1.76 bits per heavy atom. The minimum absolute atomic E-state index is 0.235. The summed E-state index contributed by atoms with van der Waals surface area (Å²) in [5.41, 5.74) is 7.90. The maximum atomic E-state index is 12.3. The van der Waals surface area contributed by atoms with Gasteiger partial charge in [-0.2, -0.15) is 5.10 Å². The molecule has 2 rings (SSSR count). The first kappa shape index (κ1) is 17.8. The number of nitrogens with zero attached hydrogens (tertiary/aromatic N) is 1. The molecule has 0 spiro atoms. The zero-order valence-electron chi connectivity index (χ0n) is 13.7. The summed E-state index contributed by atoms with van der Waals surface area (Å²) in [6, 6.07) is 10.7. The Labute approximate surface area is 144 Å². The zero-order valence-corrected chi connectivity index (χ0v) is 13.7. The van der Waals surface area contributed by atoms with E-state index in [1.807, 2.05) is 0 Å². The van der Waals surface area contributed by atoms with Crippen molar-refractivity contribution in [1.82, 2.24) is 5.43 Å². The summed E-state index contributed by atoms with van der Waals surface area (Å²) >= 11 is 0. The van der Waals surface area contributed by atoms with E-state index in [1.54, 1.807) is 42.5 Å². The molecule has 130 valence electrons. The van der Waals surface area contributed by atoms with Gasteiger partial charge in [0.1, 0.15) is 11.3 Å². The van der Waals surface area contributed by atoms with Gasteiger partial charge in [0.25, 0.3) is 0 Å². The van der Waals surface area contributed by atoms with Gasteiger partial charge in [-0.25, -0.2) is 15.0 Å². The second kappa shape index (κ2) is 8.34. The molecule has 25 heavy (non-hydrogen) atoms. The summed E-state index contributed by atoms with van der Waals surface area (Å²) in [6.45, 7) is 0. The summed E-state index contributed by atoms with van der Waals surface area (Å²) in [4.78, 5) is 22.9. The van der Waals surface area contributed by atoms with Gasteiger partial charge in [-0.05, 0) is 35.9 Å². The predicted molar refractivity (Wildman–Crippen MR) is 91.3 cm³/mol. The molecular weight excluding hydrogens is 326 g/mol. The predicted octanol–water partition coefficient (Wildman–Crippen LogP) is 1.93. The first-order chi connectivity index (χ1) is 12.0. The van der Waals surface area contributed by atoms with Crippen LogP contribution in [0.4, 0.5) is 4.79 Å². The maximum absolute atomic E-state index is 12.3. The first-order valence-electron chi connectivity index (χ1n) is 7.17. The Kier molecular flexibility index (Phi) is 5.94. The van der Waals surface area contributed by atoms with Crippen molar-refractivity contribution in [3.63, 3.8) is 0 Å². The van der Waals surface area contributed by atoms with E-state index >= 15 is 0 Å². The molecule has 0 atom stereocenters. The standard InChI is InChI=1S/C17H17N3O5/c1-23-13-6-4-3-5-12(13)16(21)25-14-8-7-11(9-15(14)24-2)10-19-20-17(18)22/h3-10H,1-2H3,(H3,18,20,22). The number of nitrogens with two attached hydrogens (primary N) is 1. The lowest BCUT2D eigenvalue weighted by molar-refractivity contribution is 0.0726. The number of hydrazone groups is 1. The number of benzene rings is 2. The molecular formula is C17H17N3O5. The van der Waals surface area contributed by atoms with Gasteiger partial charge in [-0.1, -0.05) is 12.1 Å². The van der Waals surface area contributed by atoms with E-state index < -0.39 is 12.0 Å². The number of carbonyl (C=O) groups excluding carboxylic acids is 2. The molecule has 2 aromatic carbocycles. The Morgan fingerprint density at radius 1 is 1.04 bits per heavy atom. The molecule has 0 aromatic heterocycles. The molecule has 2 aromatic rings. The van der Waals surface area contributed by atoms with Crippen LogP contribution >= 0.6 is 0 Å².